The minimum Gasteiger partial charge on any atom is -0.493 e. The summed E-state index contributed by atoms with van der Waals surface area (Å²) in [5.74, 6) is 1.65. The number of benzene rings is 1. The van der Waals surface area contributed by atoms with Gasteiger partial charge < -0.3 is 14.8 Å². The molecule has 0 atom stereocenters. The van der Waals surface area contributed by atoms with E-state index in [0.717, 1.165) is 12.0 Å². The second-order valence-electron chi connectivity index (χ2n) is 5.93. The van der Waals surface area contributed by atoms with Crippen LogP contribution in [0, 0.1) is 5.92 Å². The summed E-state index contributed by atoms with van der Waals surface area (Å²) in [6.45, 7) is 5.38. The Balaban J connectivity index is 1.98. The van der Waals surface area contributed by atoms with Crippen LogP contribution in [0.15, 0.2) is 42.7 Å². The number of hydrogen-bond acceptors (Lipinski definition) is 4. The highest BCUT2D eigenvalue weighted by atomic mass is 16.5. The Labute approximate surface area is 143 Å². The lowest BCUT2D eigenvalue weighted by molar-refractivity contribution is 0.0950. The van der Waals surface area contributed by atoms with E-state index >= 15 is 0 Å². The maximum Gasteiger partial charge on any atom is 0.251 e. The van der Waals surface area contributed by atoms with Crippen LogP contribution in [0.3, 0.4) is 0 Å². The molecule has 24 heavy (non-hydrogen) atoms. The smallest absolute Gasteiger partial charge is 0.251 e. The molecule has 0 radical (unpaired) electrons. The standard InChI is InChI=1S/C19H24N2O3/c1-14(2)8-11-24-17-5-4-16(12-18(17)23-3)19(22)21-13-15-6-9-20-10-7-15/h4-7,9-10,12,14H,8,11,13H2,1-3H3,(H,21,22). The molecule has 1 aromatic carbocycles. The number of aromatic nitrogens is 1. The molecule has 0 fully saturated rings. The third-order valence-corrected chi connectivity index (χ3v) is 3.58. The van der Waals surface area contributed by atoms with Gasteiger partial charge >= 0.3 is 0 Å². The molecular formula is C19H24N2O3. The zero-order chi connectivity index (χ0) is 17.4. The fraction of sp³-hybridized carbons (Fsp3) is 0.368. The Morgan fingerprint density at radius 3 is 2.58 bits per heavy atom. The zero-order valence-electron chi connectivity index (χ0n) is 14.4. The fourth-order valence-corrected chi connectivity index (χ4v) is 2.12. The Kier molecular flexibility index (Phi) is 6.61. The van der Waals surface area contributed by atoms with Crippen molar-refractivity contribution in [3.05, 3.63) is 53.9 Å². The highest BCUT2D eigenvalue weighted by molar-refractivity contribution is 5.94. The molecule has 0 bridgehead atoms. The molecule has 0 unspecified atom stereocenters. The molecule has 1 heterocycles. The molecule has 0 saturated heterocycles. The van der Waals surface area contributed by atoms with Crippen LogP contribution in [0.2, 0.25) is 0 Å². The van der Waals surface area contributed by atoms with Crippen LogP contribution in [0.1, 0.15) is 36.2 Å². The van der Waals surface area contributed by atoms with Crippen LogP contribution in [-0.2, 0) is 6.54 Å². The molecule has 1 aromatic heterocycles. The minimum atomic E-state index is -0.154. The number of carbonyl (C=O) groups is 1. The van der Waals surface area contributed by atoms with Crippen molar-refractivity contribution in [3.8, 4) is 11.5 Å². The van der Waals surface area contributed by atoms with Gasteiger partial charge in [-0.05, 0) is 48.2 Å². The minimum absolute atomic E-state index is 0.154. The summed E-state index contributed by atoms with van der Waals surface area (Å²) < 4.78 is 11.1. The normalized spacial score (nSPS) is 10.5. The molecule has 1 amide bonds. The first-order valence-electron chi connectivity index (χ1n) is 8.08. The van der Waals surface area contributed by atoms with Gasteiger partial charge in [0.1, 0.15) is 0 Å². The summed E-state index contributed by atoms with van der Waals surface area (Å²) in [7, 11) is 1.57. The highest BCUT2D eigenvalue weighted by Gasteiger charge is 2.11. The van der Waals surface area contributed by atoms with Gasteiger partial charge in [-0.25, -0.2) is 0 Å². The first-order chi connectivity index (χ1) is 11.6. The van der Waals surface area contributed by atoms with Crippen molar-refractivity contribution in [1.29, 1.82) is 0 Å². The summed E-state index contributed by atoms with van der Waals surface area (Å²) in [6, 6.07) is 8.96. The first-order valence-corrected chi connectivity index (χ1v) is 8.08. The zero-order valence-corrected chi connectivity index (χ0v) is 14.4. The quantitative estimate of drug-likeness (QED) is 0.806. The predicted octanol–water partition coefficient (Wildman–Crippen LogP) is 3.45. The van der Waals surface area contributed by atoms with E-state index in [4.69, 9.17) is 9.47 Å². The molecule has 0 saturated carbocycles. The van der Waals surface area contributed by atoms with Crippen molar-refractivity contribution in [1.82, 2.24) is 10.3 Å². The number of nitrogens with one attached hydrogen (secondary N) is 1. The van der Waals surface area contributed by atoms with E-state index in [-0.39, 0.29) is 5.91 Å². The number of ether oxygens (including phenoxy) is 2. The number of amides is 1. The van der Waals surface area contributed by atoms with Crippen molar-refractivity contribution in [3.63, 3.8) is 0 Å². The molecule has 2 rings (SSSR count). The Morgan fingerprint density at radius 2 is 1.92 bits per heavy atom. The number of pyridine rings is 1. The molecule has 1 N–H and O–H groups in total. The monoisotopic (exact) mass is 328 g/mol. The Hall–Kier alpha value is -2.56. The van der Waals surface area contributed by atoms with Gasteiger partial charge in [0.05, 0.1) is 13.7 Å². The average Bonchev–Trinajstić information content (AvgIpc) is 2.60. The van der Waals surface area contributed by atoms with Gasteiger partial charge in [-0.2, -0.15) is 0 Å². The van der Waals surface area contributed by atoms with Crippen molar-refractivity contribution in [2.45, 2.75) is 26.8 Å². The van der Waals surface area contributed by atoms with Crippen molar-refractivity contribution in [2.75, 3.05) is 13.7 Å². The lowest BCUT2D eigenvalue weighted by Crippen LogP contribution is -2.22. The topological polar surface area (TPSA) is 60.5 Å². The molecule has 2 aromatic rings. The molecule has 5 nitrogen and oxygen atoms in total. The van der Waals surface area contributed by atoms with E-state index in [2.05, 4.69) is 24.1 Å². The van der Waals surface area contributed by atoms with E-state index in [0.29, 0.717) is 36.1 Å². The predicted molar refractivity (Wildman–Crippen MR) is 93.4 cm³/mol. The van der Waals surface area contributed by atoms with Gasteiger partial charge in [-0.15, -0.1) is 0 Å². The summed E-state index contributed by atoms with van der Waals surface area (Å²) in [6.07, 6.45) is 4.37. The summed E-state index contributed by atoms with van der Waals surface area (Å²) in [5, 5.41) is 2.88. The Morgan fingerprint density at radius 1 is 1.17 bits per heavy atom. The number of rotatable bonds is 8. The Bertz CT molecular complexity index is 657. The first kappa shape index (κ1) is 17.8. The summed E-state index contributed by atoms with van der Waals surface area (Å²) in [5.41, 5.74) is 1.54. The summed E-state index contributed by atoms with van der Waals surface area (Å²) >= 11 is 0. The van der Waals surface area contributed by atoms with Crippen molar-refractivity contribution < 1.29 is 14.3 Å². The SMILES string of the molecule is COc1cc(C(=O)NCc2ccncc2)ccc1OCCC(C)C. The van der Waals surface area contributed by atoms with E-state index in [9.17, 15) is 4.79 Å². The van der Waals surface area contributed by atoms with E-state index in [1.807, 2.05) is 12.1 Å². The van der Waals surface area contributed by atoms with Gasteiger partial charge in [-0.1, -0.05) is 13.8 Å². The van der Waals surface area contributed by atoms with Crippen LogP contribution in [0.25, 0.3) is 0 Å². The van der Waals surface area contributed by atoms with Gasteiger partial charge in [0.2, 0.25) is 0 Å². The highest BCUT2D eigenvalue weighted by Crippen LogP contribution is 2.28. The van der Waals surface area contributed by atoms with Gasteiger partial charge in [0.25, 0.3) is 5.91 Å². The van der Waals surface area contributed by atoms with Gasteiger partial charge in [0.15, 0.2) is 11.5 Å². The lowest BCUT2D eigenvalue weighted by atomic mass is 10.1. The lowest BCUT2D eigenvalue weighted by Gasteiger charge is -2.13. The van der Waals surface area contributed by atoms with Gasteiger partial charge in [0, 0.05) is 24.5 Å². The van der Waals surface area contributed by atoms with Crippen LogP contribution in [0.5, 0.6) is 11.5 Å². The molecule has 0 aliphatic rings. The maximum atomic E-state index is 12.3. The maximum absolute atomic E-state index is 12.3. The van der Waals surface area contributed by atoms with Crippen LogP contribution in [-0.4, -0.2) is 24.6 Å². The van der Waals surface area contributed by atoms with E-state index in [1.54, 1.807) is 37.7 Å². The van der Waals surface area contributed by atoms with Gasteiger partial charge in [-0.3, -0.25) is 9.78 Å². The molecule has 5 heteroatoms. The third kappa shape index (κ3) is 5.26. The van der Waals surface area contributed by atoms with Crippen LogP contribution in [0.4, 0.5) is 0 Å². The second-order valence-corrected chi connectivity index (χ2v) is 5.93. The average molecular weight is 328 g/mol. The number of carbonyl (C=O) groups excluding carboxylic acids is 1. The molecule has 0 aliphatic carbocycles. The molecular weight excluding hydrogens is 304 g/mol. The second kappa shape index (κ2) is 8.91. The van der Waals surface area contributed by atoms with E-state index < -0.39 is 0 Å². The number of nitrogens with zero attached hydrogens (tertiary/aromatic N) is 1. The van der Waals surface area contributed by atoms with Crippen LogP contribution >= 0.6 is 0 Å². The molecule has 0 spiro atoms. The van der Waals surface area contributed by atoms with E-state index in [1.165, 1.54) is 0 Å². The molecule has 128 valence electrons. The number of methoxy groups -OCH3 is 1. The molecule has 0 aliphatic heterocycles. The van der Waals surface area contributed by atoms with Crippen molar-refractivity contribution in [2.24, 2.45) is 5.92 Å². The largest absolute Gasteiger partial charge is 0.493 e. The number of hydrogen-bond donors (Lipinski definition) is 1. The fourth-order valence-electron chi connectivity index (χ4n) is 2.12. The van der Waals surface area contributed by atoms with Crippen molar-refractivity contribution >= 4 is 5.91 Å². The third-order valence-electron chi connectivity index (χ3n) is 3.58. The van der Waals surface area contributed by atoms with Crippen LogP contribution < -0.4 is 14.8 Å². The summed E-state index contributed by atoms with van der Waals surface area (Å²) in [4.78, 5) is 16.2.